The summed E-state index contributed by atoms with van der Waals surface area (Å²) in [5, 5.41) is 36.2. The van der Waals surface area contributed by atoms with Crippen LogP contribution in [0, 0.1) is 0 Å². The zero-order chi connectivity index (χ0) is 10.9. The molecule has 1 atom stereocenters. The molecule has 0 heterocycles. The maximum Gasteiger partial charge on any atom is 0.340 e. The van der Waals surface area contributed by atoms with Crippen molar-refractivity contribution in [3.8, 4) is 11.5 Å². The number of carboxylic acid groups (broad SMARTS) is 1. The molecule has 0 saturated heterocycles. The summed E-state index contributed by atoms with van der Waals surface area (Å²) in [5.74, 6) is -2.26. The average molecular weight is 198 g/mol. The van der Waals surface area contributed by atoms with Crippen molar-refractivity contribution in [3.63, 3.8) is 0 Å². The summed E-state index contributed by atoms with van der Waals surface area (Å²) >= 11 is 0. The summed E-state index contributed by atoms with van der Waals surface area (Å²) in [5.41, 5.74) is -2.08. The number of benzene rings is 1. The van der Waals surface area contributed by atoms with Crippen LogP contribution >= 0.6 is 0 Å². The third-order valence-electron chi connectivity index (χ3n) is 1.95. The molecule has 5 nitrogen and oxygen atoms in total. The molecule has 0 aliphatic carbocycles. The van der Waals surface area contributed by atoms with Crippen LogP contribution in [0.4, 0.5) is 0 Å². The van der Waals surface area contributed by atoms with Crippen molar-refractivity contribution in [2.75, 3.05) is 0 Å². The highest BCUT2D eigenvalue weighted by Crippen LogP contribution is 2.30. The van der Waals surface area contributed by atoms with E-state index in [1.165, 1.54) is 6.07 Å². The fourth-order valence-corrected chi connectivity index (χ4v) is 0.950. The number of aliphatic hydroxyl groups is 1. The first-order valence-electron chi connectivity index (χ1n) is 3.84. The molecule has 1 aromatic carbocycles. The van der Waals surface area contributed by atoms with Crippen molar-refractivity contribution in [3.05, 3.63) is 23.8 Å². The van der Waals surface area contributed by atoms with E-state index in [1.54, 1.807) is 0 Å². The normalized spacial score (nSPS) is 14.7. The molecule has 0 bridgehead atoms. The number of hydrogen-bond acceptors (Lipinski definition) is 4. The quantitative estimate of drug-likeness (QED) is 0.515. The fraction of sp³-hybridized carbons (Fsp3) is 0.222. The zero-order valence-corrected chi connectivity index (χ0v) is 7.43. The zero-order valence-electron chi connectivity index (χ0n) is 7.43. The van der Waals surface area contributed by atoms with E-state index in [2.05, 4.69) is 0 Å². The van der Waals surface area contributed by atoms with Crippen molar-refractivity contribution in [1.82, 2.24) is 0 Å². The molecule has 0 aromatic heterocycles. The summed E-state index contributed by atoms with van der Waals surface area (Å²) in [6, 6.07) is 3.34. The lowest BCUT2D eigenvalue weighted by molar-refractivity contribution is -0.157. The van der Waals surface area contributed by atoms with Gasteiger partial charge in [0.25, 0.3) is 0 Å². The Morgan fingerprint density at radius 3 is 2.29 bits per heavy atom. The van der Waals surface area contributed by atoms with Gasteiger partial charge in [-0.3, -0.25) is 0 Å². The molecule has 4 N–H and O–H groups in total. The molecule has 0 aliphatic heterocycles. The maximum atomic E-state index is 10.6. The van der Waals surface area contributed by atoms with Gasteiger partial charge in [0, 0.05) is 0 Å². The van der Waals surface area contributed by atoms with Crippen LogP contribution in [0.5, 0.6) is 11.5 Å². The van der Waals surface area contributed by atoms with Crippen LogP contribution in [0.1, 0.15) is 12.5 Å². The predicted molar refractivity (Wildman–Crippen MR) is 47.0 cm³/mol. The third kappa shape index (κ3) is 1.62. The van der Waals surface area contributed by atoms with Gasteiger partial charge in [-0.1, -0.05) is 6.07 Å². The number of rotatable bonds is 2. The van der Waals surface area contributed by atoms with E-state index in [0.717, 1.165) is 19.1 Å². The number of phenols is 2. The second-order valence-electron chi connectivity index (χ2n) is 3.08. The number of aromatic hydroxyl groups is 2. The van der Waals surface area contributed by atoms with Gasteiger partial charge in [-0.25, -0.2) is 4.79 Å². The highest BCUT2D eigenvalue weighted by molar-refractivity contribution is 5.78. The van der Waals surface area contributed by atoms with Gasteiger partial charge in [-0.05, 0) is 24.6 Å². The standard InChI is InChI=1S/C9H10O5/c1-9(14,8(12)13)5-2-3-6(10)7(11)4-5/h2-4,10-11,14H,1H3,(H,12,13). The molecule has 0 aliphatic rings. The van der Waals surface area contributed by atoms with Crippen LogP contribution in [0.3, 0.4) is 0 Å². The molecular formula is C9H10O5. The molecular weight excluding hydrogens is 188 g/mol. The smallest absolute Gasteiger partial charge is 0.340 e. The summed E-state index contributed by atoms with van der Waals surface area (Å²) in [6.45, 7) is 1.08. The third-order valence-corrected chi connectivity index (χ3v) is 1.95. The van der Waals surface area contributed by atoms with Gasteiger partial charge in [0.05, 0.1) is 0 Å². The van der Waals surface area contributed by atoms with Gasteiger partial charge < -0.3 is 20.4 Å². The fourth-order valence-electron chi connectivity index (χ4n) is 0.950. The highest BCUT2D eigenvalue weighted by atomic mass is 16.4. The van der Waals surface area contributed by atoms with Gasteiger partial charge in [-0.15, -0.1) is 0 Å². The molecule has 0 spiro atoms. The van der Waals surface area contributed by atoms with Crippen molar-refractivity contribution >= 4 is 5.97 Å². The molecule has 76 valence electrons. The first kappa shape index (κ1) is 10.3. The van der Waals surface area contributed by atoms with Gasteiger partial charge in [-0.2, -0.15) is 0 Å². The molecule has 0 radical (unpaired) electrons. The van der Waals surface area contributed by atoms with Crippen molar-refractivity contribution < 1.29 is 25.2 Å². The Kier molecular flexibility index (Phi) is 2.35. The number of phenolic OH excluding ortho intramolecular Hbond substituents is 2. The number of hydrogen-bond donors (Lipinski definition) is 4. The molecule has 0 amide bonds. The predicted octanol–water partition coefficient (Wildman–Crippen LogP) is 0.390. The summed E-state index contributed by atoms with van der Waals surface area (Å²) in [7, 11) is 0. The topological polar surface area (TPSA) is 98.0 Å². The second-order valence-corrected chi connectivity index (χ2v) is 3.08. The molecule has 0 saturated carbocycles. The Balaban J connectivity index is 3.21. The monoisotopic (exact) mass is 198 g/mol. The van der Waals surface area contributed by atoms with Crippen LogP contribution in [0.25, 0.3) is 0 Å². The molecule has 1 rings (SSSR count). The first-order chi connectivity index (χ1) is 6.35. The SMILES string of the molecule is CC(O)(C(=O)O)c1ccc(O)c(O)c1. The van der Waals surface area contributed by atoms with E-state index in [9.17, 15) is 9.90 Å². The minimum Gasteiger partial charge on any atom is -0.504 e. The van der Waals surface area contributed by atoms with Gasteiger partial charge in [0.15, 0.2) is 17.1 Å². The van der Waals surface area contributed by atoms with E-state index < -0.39 is 17.3 Å². The Bertz CT molecular complexity index is 369. The molecule has 5 heteroatoms. The Hall–Kier alpha value is -1.75. The van der Waals surface area contributed by atoms with E-state index >= 15 is 0 Å². The van der Waals surface area contributed by atoms with Crippen LogP contribution in [-0.2, 0) is 10.4 Å². The average Bonchev–Trinajstić information content (AvgIpc) is 2.09. The van der Waals surface area contributed by atoms with Crippen LogP contribution in [0.2, 0.25) is 0 Å². The van der Waals surface area contributed by atoms with E-state index in [4.69, 9.17) is 15.3 Å². The van der Waals surface area contributed by atoms with E-state index in [-0.39, 0.29) is 11.3 Å². The van der Waals surface area contributed by atoms with Gasteiger partial charge in [0.1, 0.15) is 0 Å². The van der Waals surface area contributed by atoms with Crippen LogP contribution < -0.4 is 0 Å². The lowest BCUT2D eigenvalue weighted by atomic mass is 9.96. The van der Waals surface area contributed by atoms with Crippen LogP contribution in [-0.4, -0.2) is 26.4 Å². The first-order valence-corrected chi connectivity index (χ1v) is 3.84. The molecule has 14 heavy (non-hydrogen) atoms. The van der Waals surface area contributed by atoms with E-state index in [1.807, 2.05) is 0 Å². The lowest BCUT2D eigenvalue weighted by Gasteiger charge is -2.18. The maximum absolute atomic E-state index is 10.6. The highest BCUT2D eigenvalue weighted by Gasteiger charge is 2.32. The van der Waals surface area contributed by atoms with Gasteiger partial charge in [0.2, 0.25) is 0 Å². The van der Waals surface area contributed by atoms with Crippen molar-refractivity contribution in [2.45, 2.75) is 12.5 Å². The molecule has 1 aromatic rings. The minimum atomic E-state index is -2.08. The summed E-state index contributed by atoms with van der Waals surface area (Å²) in [4.78, 5) is 10.6. The summed E-state index contributed by atoms with van der Waals surface area (Å²) < 4.78 is 0. The second kappa shape index (κ2) is 3.19. The number of carboxylic acids is 1. The lowest BCUT2D eigenvalue weighted by Crippen LogP contribution is -2.31. The Morgan fingerprint density at radius 2 is 1.86 bits per heavy atom. The Labute approximate surface area is 79.9 Å². The minimum absolute atomic E-state index is 0.000278. The largest absolute Gasteiger partial charge is 0.504 e. The van der Waals surface area contributed by atoms with Crippen molar-refractivity contribution in [1.29, 1.82) is 0 Å². The number of aliphatic carboxylic acids is 1. The van der Waals surface area contributed by atoms with Crippen LogP contribution in [0.15, 0.2) is 18.2 Å². The Morgan fingerprint density at radius 1 is 1.29 bits per heavy atom. The van der Waals surface area contributed by atoms with E-state index in [0.29, 0.717) is 0 Å². The van der Waals surface area contributed by atoms with Crippen molar-refractivity contribution in [2.24, 2.45) is 0 Å². The summed E-state index contributed by atoms with van der Waals surface area (Å²) in [6.07, 6.45) is 0. The molecule has 0 fully saturated rings. The van der Waals surface area contributed by atoms with Gasteiger partial charge >= 0.3 is 5.97 Å². The molecule has 1 unspecified atom stereocenters. The number of carbonyl (C=O) groups is 1.